The molecule has 0 N–H and O–H groups in total. The van der Waals surface area contributed by atoms with E-state index in [0.717, 1.165) is 15.8 Å². The highest BCUT2D eigenvalue weighted by Gasteiger charge is 2.17. The summed E-state index contributed by atoms with van der Waals surface area (Å²) in [5, 5.41) is 4.06. The number of halogens is 1. The molecule has 1 aromatic heterocycles. The van der Waals surface area contributed by atoms with E-state index in [-0.39, 0.29) is 5.82 Å². The van der Waals surface area contributed by atoms with Gasteiger partial charge in [-0.3, -0.25) is 0 Å². The minimum atomic E-state index is -0.526. The number of aryl methyl sites for hydroxylation is 1. The smallest absolute Gasteiger partial charge is 0.378 e. The van der Waals surface area contributed by atoms with Gasteiger partial charge in [0, 0.05) is 12.6 Å². The molecule has 0 atom stereocenters. The number of methoxy groups -OCH3 is 1. The highest BCUT2D eigenvalue weighted by atomic mass is 79.9. The molecule has 2 aromatic rings. The SMILES string of the molecule is CCOC(=O)c1nc(-c2ccc(OC)c(Br)c2)n(C)n1. The summed E-state index contributed by atoms with van der Waals surface area (Å²) < 4.78 is 12.4. The fourth-order valence-corrected chi connectivity index (χ4v) is 2.26. The molecule has 0 aliphatic rings. The predicted molar refractivity (Wildman–Crippen MR) is 76.6 cm³/mol. The Morgan fingerprint density at radius 1 is 1.45 bits per heavy atom. The summed E-state index contributed by atoms with van der Waals surface area (Å²) in [4.78, 5) is 15.8. The molecule has 0 unspecified atom stereocenters. The van der Waals surface area contributed by atoms with Crippen LogP contribution in [0, 0.1) is 0 Å². The largest absolute Gasteiger partial charge is 0.496 e. The highest BCUT2D eigenvalue weighted by Crippen LogP contribution is 2.29. The molecule has 2 rings (SSSR count). The van der Waals surface area contributed by atoms with Crippen LogP contribution in [0.3, 0.4) is 0 Å². The second-order valence-electron chi connectivity index (χ2n) is 3.95. The zero-order valence-electron chi connectivity index (χ0n) is 11.4. The molecule has 0 saturated heterocycles. The van der Waals surface area contributed by atoms with Crippen LogP contribution in [-0.2, 0) is 11.8 Å². The van der Waals surface area contributed by atoms with Crippen LogP contribution in [-0.4, -0.2) is 34.5 Å². The van der Waals surface area contributed by atoms with Gasteiger partial charge in [-0.15, -0.1) is 5.10 Å². The Morgan fingerprint density at radius 3 is 2.80 bits per heavy atom. The van der Waals surface area contributed by atoms with Crippen LogP contribution in [0.2, 0.25) is 0 Å². The van der Waals surface area contributed by atoms with Gasteiger partial charge in [0.1, 0.15) is 5.75 Å². The van der Waals surface area contributed by atoms with Crippen LogP contribution < -0.4 is 4.74 Å². The van der Waals surface area contributed by atoms with Crippen LogP contribution >= 0.6 is 15.9 Å². The van der Waals surface area contributed by atoms with Crippen molar-refractivity contribution in [2.45, 2.75) is 6.92 Å². The van der Waals surface area contributed by atoms with Gasteiger partial charge >= 0.3 is 5.97 Å². The van der Waals surface area contributed by atoms with E-state index in [1.54, 1.807) is 25.8 Å². The Balaban J connectivity index is 2.38. The number of aromatic nitrogens is 3. The van der Waals surface area contributed by atoms with Crippen molar-refractivity contribution in [3.8, 4) is 17.1 Å². The summed E-state index contributed by atoms with van der Waals surface area (Å²) in [5.74, 6) is 0.830. The molecular weight excluding hydrogens is 326 g/mol. The van der Waals surface area contributed by atoms with Gasteiger partial charge in [-0.2, -0.15) is 0 Å². The summed E-state index contributed by atoms with van der Waals surface area (Å²) in [5.41, 5.74) is 0.822. The number of ether oxygens (including phenoxy) is 2. The maximum absolute atomic E-state index is 11.6. The predicted octanol–water partition coefficient (Wildman–Crippen LogP) is 2.43. The number of hydrogen-bond donors (Lipinski definition) is 0. The molecule has 6 nitrogen and oxygen atoms in total. The summed E-state index contributed by atoms with van der Waals surface area (Å²) in [6, 6.07) is 5.53. The Morgan fingerprint density at radius 2 is 2.20 bits per heavy atom. The number of carbonyl (C=O) groups excluding carboxylic acids is 1. The zero-order chi connectivity index (χ0) is 14.7. The minimum absolute atomic E-state index is 0.0521. The maximum Gasteiger partial charge on any atom is 0.378 e. The van der Waals surface area contributed by atoms with Gasteiger partial charge < -0.3 is 9.47 Å². The topological polar surface area (TPSA) is 66.2 Å². The molecule has 106 valence electrons. The third-order valence-electron chi connectivity index (χ3n) is 2.63. The molecule has 0 amide bonds. The quantitative estimate of drug-likeness (QED) is 0.800. The van der Waals surface area contributed by atoms with Crippen LogP contribution in [0.25, 0.3) is 11.4 Å². The number of benzene rings is 1. The van der Waals surface area contributed by atoms with Crippen molar-refractivity contribution in [1.82, 2.24) is 14.8 Å². The van der Waals surface area contributed by atoms with Gasteiger partial charge in [0.2, 0.25) is 0 Å². The van der Waals surface area contributed by atoms with Crippen molar-refractivity contribution >= 4 is 21.9 Å². The molecule has 0 bridgehead atoms. The van der Waals surface area contributed by atoms with E-state index < -0.39 is 5.97 Å². The highest BCUT2D eigenvalue weighted by molar-refractivity contribution is 9.10. The summed E-state index contributed by atoms with van der Waals surface area (Å²) in [6.07, 6.45) is 0. The fraction of sp³-hybridized carbons (Fsp3) is 0.308. The van der Waals surface area contributed by atoms with E-state index in [1.165, 1.54) is 0 Å². The van der Waals surface area contributed by atoms with Crippen molar-refractivity contribution in [3.63, 3.8) is 0 Å². The molecule has 7 heteroatoms. The lowest BCUT2D eigenvalue weighted by Gasteiger charge is -2.05. The standard InChI is InChI=1S/C13H14BrN3O3/c1-4-20-13(18)11-15-12(17(2)16-11)8-5-6-10(19-3)9(14)7-8/h5-7H,4H2,1-3H3. The molecule has 0 fully saturated rings. The van der Waals surface area contributed by atoms with E-state index in [4.69, 9.17) is 9.47 Å². The summed E-state index contributed by atoms with van der Waals surface area (Å²) >= 11 is 3.42. The lowest BCUT2D eigenvalue weighted by Crippen LogP contribution is -2.07. The number of nitrogens with zero attached hydrogens (tertiary/aromatic N) is 3. The second kappa shape index (κ2) is 6.04. The Hall–Kier alpha value is -1.89. The van der Waals surface area contributed by atoms with Crippen molar-refractivity contribution in [2.24, 2.45) is 7.05 Å². The number of esters is 1. The zero-order valence-corrected chi connectivity index (χ0v) is 13.0. The van der Waals surface area contributed by atoms with E-state index >= 15 is 0 Å². The van der Waals surface area contributed by atoms with Gasteiger partial charge in [-0.1, -0.05) is 0 Å². The average Bonchev–Trinajstić information content (AvgIpc) is 2.81. The lowest BCUT2D eigenvalue weighted by molar-refractivity contribution is 0.0512. The third kappa shape index (κ3) is 2.82. The van der Waals surface area contributed by atoms with E-state index in [9.17, 15) is 4.79 Å². The number of rotatable bonds is 4. The molecule has 1 aromatic carbocycles. The van der Waals surface area contributed by atoms with Gasteiger partial charge in [0.25, 0.3) is 5.82 Å². The molecule has 0 radical (unpaired) electrons. The van der Waals surface area contributed by atoms with Crippen molar-refractivity contribution < 1.29 is 14.3 Å². The molecule has 0 aliphatic carbocycles. The Kier molecular flexibility index (Phi) is 4.39. The number of carbonyl (C=O) groups is 1. The Labute approximate surface area is 124 Å². The molecule has 0 aliphatic heterocycles. The van der Waals surface area contributed by atoms with Gasteiger partial charge in [0.05, 0.1) is 18.2 Å². The van der Waals surface area contributed by atoms with E-state index in [1.807, 2.05) is 18.2 Å². The van der Waals surface area contributed by atoms with Gasteiger partial charge in [-0.25, -0.2) is 14.5 Å². The monoisotopic (exact) mass is 339 g/mol. The minimum Gasteiger partial charge on any atom is -0.496 e. The summed E-state index contributed by atoms with van der Waals surface area (Å²) in [6.45, 7) is 2.03. The first kappa shape index (κ1) is 14.5. The van der Waals surface area contributed by atoms with Gasteiger partial charge in [-0.05, 0) is 41.1 Å². The van der Waals surface area contributed by atoms with Crippen molar-refractivity contribution in [2.75, 3.05) is 13.7 Å². The maximum atomic E-state index is 11.6. The molecule has 0 saturated carbocycles. The van der Waals surface area contributed by atoms with Crippen LogP contribution in [0.5, 0.6) is 5.75 Å². The van der Waals surface area contributed by atoms with Crippen molar-refractivity contribution in [3.05, 3.63) is 28.5 Å². The molecular formula is C13H14BrN3O3. The van der Waals surface area contributed by atoms with E-state index in [2.05, 4.69) is 26.0 Å². The van der Waals surface area contributed by atoms with Crippen molar-refractivity contribution in [1.29, 1.82) is 0 Å². The normalized spacial score (nSPS) is 10.4. The molecule has 20 heavy (non-hydrogen) atoms. The van der Waals surface area contributed by atoms with Crippen LogP contribution in [0.15, 0.2) is 22.7 Å². The first-order chi connectivity index (χ1) is 9.56. The molecule has 1 heterocycles. The summed E-state index contributed by atoms with van der Waals surface area (Å²) in [7, 11) is 3.32. The lowest BCUT2D eigenvalue weighted by atomic mass is 10.2. The average molecular weight is 340 g/mol. The Bertz CT molecular complexity index is 640. The second-order valence-corrected chi connectivity index (χ2v) is 4.81. The number of hydrogen-bond acceptors (Lipinski definition) is 5. The third-order valence-corrected chi connectivity index (χ3v) is 3.25. The van der Waals surface area contributed by atoms with Gasteiger partial charge in [0.15, 0.2) is 5.82 Å². The fourth-order valence-electron chi connectivity index (χ4n) is 1.72. The first-order valence-corrected chi connectivity index (χ1v) is 6.78. The molecule has 0 spiro atoms. The first-order valence-electron chi connectivity index (χ1n) is 5.99. The van der Waals surface area contributed by atoms with Crippen LogP contribution in [0.4, 0.5) is 0 Å². The van der Waals surface area contributed by atoms with E-state index in [0.29, 0.717) is 12.4 Å². The van der Waals surface area contributed by atoms with Crippen LogP contribution in [0.1, 0.15) is 17.5 Å².